The molecule has 0 fully saturated rings. The van der Waals surface area contributed by atoms with Gasteiger partial charge in [-0.25, -0.2) is 4.79 Å². The first kappa shape index (κ1) is 17.8. The molecule has 0 saturated heterocycles. The Bertz CT molecular complexity index is 345. The van der Waals surface area contributed by atoms with Crippen LogP contribution in [-0.4, -0.2) is 41.1 Å². The van der Waals surface area contributed by atoms with Crippen molar-refractivity contribution in [2.45, 2.75) is 39.7 Å². The third-order valence-electron chi connectivity index (χ3n) is 2.63. The van der Waals surface area contributed by atoms with Gasteiger partial charge < -0.3 is 10.4 Å². The van der Waals surface area contributed by atoms with Gasteiger partial charge in [0.2, 0.25) is 5.91 Å². The molecular formula is C12H22N2O4S. The quantitative estimate of drug-likeness (QED) is 0.659. The number of hydrogen-bond donors (Lipinski definition) is 3. The lowest BCUT2D eigenvalue weighted by molar-refractivity contribution is -0.149. The number of imide groups is 1. The Labute approximate surface area is 117 Å². The van der Waals surface area contributed by atoms with Crippen LogP contribution < -0.4 is 10.6 Å². The number of carboxylic acids is 1. The molecule has 1 atom stereocenters. The molecule has 6 nitrogen and oxygen atoms in total. The van der Waals surface area contributed by atoms with E-state index in [2.05, 4.69) is 10.6 Å². The Hall–Kier alpha value is -1.24. The van der Waals surface area contributed by atoms with E-state index in [9.17, 15) is 14.4 Å². The summed E-state index contributed by atoms with van der Waals surface area (Å²) in [6.45, 7) is 4.82. The molecule has 0 bridgehead atoms. The van der Waals surface area contributed by atoms with Gasteiger partial charge in [-0.3, -0.25) is 14.9 Å². The summed E-state index contributed by atoms with van der Waals surface area (Å²) in [5, 5.41) is 13.7. The average molecular weight is 290 g/mol. The predicted molar refractivity (Wildman–Crippen MR) is 75.2 cm³/mol. The lowest BCUT2D eigenvalue weighted by atomic mass is 9.89. The minimum absolute atomic E-state index is 0.00437. The summed E-state index contributed by atoms with van der Waals surface area (Å²) in [6.07, 6.45) is 2.46. The molecule has 0 spiro atoms. The zero-order valence-corrected chi connectivity index (χ0v) is 12.6. The van der Waals surface area contributed by atoms with E-state index in [1.807, 2.05) is 13.2 Å². The van der Waals surface area contributed by atoms with Gasteiger partial charge in [0.05, 0.1) is 5.41 Å². The van der Waals surface area contributed by atoms with E-state index in [0.29, 0.717) is 0 Å². The zero-order valence-electron chi connectivity index (χ0n) is 11.8. The van der Waals surface area contributed by atoms with E-state index < -0.39 is 23.3 Å². The van der Waals surface area contributed by atoms with Gasteiger partial charge in [0.1, 0.15) is 0 Å². The highest BCUT2D eigenvalue weighted by Gasteiger charge is 2.30. The highest BCUT2D eigenvalue weighted by Crippen LogP contribution is 2.19. The standard InChI is InChI=1S/C12H22N2O4S/c1-5-8(7-19-4)13-11(18)14-9(15)6-12(2,3)10(16)17/h8H,5-7H2,1-4H3,(H,16,17)(H2,13,14,15,18). The van der Waals surface area contributed by atoms with Crippen molar-refractivity contribution in [2.75, 3.05) is 12.0 Å². The van der Waals surface area contributed by atoms with Gasteiger partial charge in [0.15, 0.2) is 0 Å². The number of amides is 3. The van der Waals surface area contributed by atoms with Crippen LogP contribution in [0, 0.1) is 5.41 Å². The highest BCUT2D eigenvalue weighted by molar-refractivity contribution is 7.98. The largest absolute Gasteiger partial charge is 0.481 e. The lowest BCUT2D eigenvalue weighted by Crippen LogP contribution is -2.46. The van der Waals surface area contributed by atoms with Crippen LogP contribution in [0.15, 0.2) is 0 Å². The zero-order chi connectivity index (χ0) is 15.1. The van der Waals surface area contributed by atoms with Crippen molar-refractivity contribution in [3.8, 4) is 0 Å². The van der Waals surface area contributed by atoms with Crippen LogP contribution in [-0.2, 0) is 9.59 Å². The number of urea groups is 1. The molecule has 110 valence electrons. The SMILES string of the molecule is CCC(CSC)NC(=O)NC(=O)CC(C)(C)C(=O)O. The van der Waals surface area contributed by atoms with Crippen molar-refractivity contribution < 1.29 is 19.5 Å². The fourth-order valence-corrected chi connectivity index (χ4v) is 2.05. The molecule has 0 saturated carbocycles. The molecule has 0 rings (SSSR count). The minimum atomic E-state index is -1.19. The maximum Gasteiger partial charge on any atom is 0.321 e. The van der Waals surface area contributed by atoms with E-state index in [-0.39, 0.29) is 12.5 Å². The van der Waals surface area contributed by atoms with Crippen LogP contribution >= 0.6 is 11.8 Å². The highest BCUT2D eigenvalue weighted by atomic mass is 32.2. The number of thioether (sulfide) groups is 1. The molecule has 0 aromatic carbocycles. The summed E-state index contributed by atoms with van der Waals surface area (Å²) >= 11 is 1.60. The number of hydrogen-bond acceptors (Lipinski definition) is 4. The molecule has 0 aliphatic carbocycles. The van der Waals surface area contributed by atoms with Gasteiger partial charge >= 0.3 is 12.0 Å². The van der Waals surface area contributed by atoms with Crippen LogP contribution in [0.1, 0.15) is 33.6 Å². The van der Waals surface area contributed by atoms with Crippen molar-refractivity contribution in [1.82, 2.24) is 10.6 Å². The summed E-state index contributed by atoms with van der Waals surface area (Å²) in [6, 6.07) is -0.581. The number of nitrogens with one attached hydrogen (secondary N) is 2. The number of carbonyl (C=O) groups is 3. The Kier molecular flexibility index (Phi) is 7.51. The van der Waals surface area contributed by atoms with E-state index in [0.717, 1.165) is 12.2 Å². The summed E-state index contributed by atoms with van der Waals surface area (Å²) in [5.41, 5.74) is -1.19. The second kappa shape index (κ2) is 8.04. The predicted octanol–water partition coefficient (Wildman–Crippen LogP) is 1.45. The summed E-state index contributed by atoms with van der Waals surface area (Å²) in [7, 11) is 0. The molecule has 0 aliphatic rings. The van der Waals surface area contributed by atoms with Gasteiger partial charge in [0.25, 0.3) is 0 Å². The summed E-state index contributed by atoms with van der Waals surface area (Å²) < 4.78 is 0. The molecule has 0 aromatic rings. The molecular weight excluding hydrogens is 268 g/mol. The van der Waals surface area contributed by atoms with Crippen LogP contribution in [0.3, 0.4) is 0 Å². The topological polar surface area (TPSA) is 95.5 Å². The molecule has 3 N–H and O–H groups in total. The first-order valence-corrected chi connectivity index (χ1v) is 7.45. The molecule has 19 heavy (non-hydrogen) atoms. The third kappa shape index (κ3) is 7.05. The van der Waals surface area contributed by atoms with Gasteiger partial charge in [-0.2, -0.15) is 11.8 Å². The Morgan fingerprint density at radius 1 is 1.32 bits per heavy atom. The number of carbonyl (C=O) groups excluding carboxylic acids is 2. The molecule has 0 heterocycles. The van der Waals surface area contributed by atoms with Gasteiger partial charge in [0, 0.05) is 18.2 Å². The van der Waals surface area contributed by atoms with Crippen LogP contribution in [0.25, 0.3) is 0 Å². The van der Waals surface area contributed by atoms with Crippen LogP contribution in [0.4, 0.5) is 4.79 Å². The van der Waals surface area contributed by atoms with Crippen LogP contribution in [0.5, 0.6) is 0 Å². The Morgan fingerprint density at radius 3 is 2.32 bits per heavy atom. The van der Waals surface area contributed by atoms with Crippen molar-refractivity contribution in [3.63, 3.8) is 0 Å². The van der Waals surface area contributed by atoms with E-state index in [4.69, 9.17) is 5.11 Å². The second-order valence-electron chi connectivity index (χ2n) is 4.95. The maximum atomic E-state index is 11.6. The van der Waals surface area contributed by atoms with Gasteiger partial charge in [-0.05, 0) is 26.5 Å². The average Bonchev–Trinajstić information content (AvgIpc) is 2.26. The molecule has 1 unspecified atom stereocenters. The van der Waals surface area contributed by atoms with E-state index >= 15 is 0 Å². The molecule has 0 aromatic heterocycles. The molecule has 0 radical (unpaired) electrons. The molecule has 0 aliphatic heterocycles. The number of rotatable bonds is 7. The first-order valence-electron chi connectivity index (χ1n) is 6.05. The summed E-state index contributed by atoms with van der Waals surface area (Å²) in [4.78, 5) is 34.0. The maximum absolute atomic E-state index is 11.6. The normalized spacial score (nSPS) is 12.6. The minimum Gasteiger partial charge on any atom is -0.481 e. The fourth-order valence-electron chi connectivity index (χ4n) is 1.33. The number of carboxylic acid groups (broad SMARTS) is 1. The first-order chi connectivity index (χ1) is 8.72. The Morgan fingerprint density at radius 2 is 1.89 bits per heavy atom. The smallest absolute Gasteiger partial charge is 0.321 e. The van der Waals surface area contributed by atoms with Crippen molar-refractivity contribution in [2.24, 2.45) is 5.41 Å². The van der Waals surface area contributed by atoms with Gasteiger partial charge in [-0.1, -0.05) is 6.92 Å². The lowest BCUT2D eigenvalue weighted by Gasteiger charge is -2.19. The van der Waals surface area contributed by atoms with E-state index in [1.165, 1.54) is 13.8 Å². The van der Waals surface area contributed by atoms with E-state index in [1.54, 1.807) is 11.8 Å². The third-order valence-corrected chi connectivity index (χ3v) is 3.37. The Balaban J connectivity index is 4.26. The second-order valence-corrected chi connectivity index (χ2v) is 5.86. The number of aliphatic carboxylic acids is 1. The van der Waals surface area contributed by atoms with Crippen molar-refractivity contribution in [3.05, 3.63) is 0 Å². The summed E-state index contributed by atoms with van der Waals surface area (Å²) in [5.74, 6) is -0.903. The monoisotopic (exact) mass is 290 g/mol. The fraction of sp³-hybridized carbons (Fsp3) is 0.750. The van der Waals surface area contributed by atoms with Crippen LogP contribution in [0.2, 0.25) is 0 Å². The van der Waals surface area contributed by atoms with Crippen molar-refractivity contribution >= 4 is 29.7 Å². The van der Waals surface area contributed by atoms with Crippen molar-refractivity contribution in [1.29, 1.82) is 0 Å². The molecule has 7 heteroatoms. The molecule has 3 amide bonds. The van der Waals surface area contributed by atoms with Gasteiger partial charge in [-0.15, -0.1) is 0 Å².